The Labute approximate surface area is 123 Å². The summed E-state index contributed by atoms with van der Waals surface area (Å²) < 4.78 is 2.11. The van der Waals surface area contributed by atoms with E-state index < -0.39 is 0 Å². The van der Waals surface area contributed by atoms with Gasteiger partial charge in [0.2, 0.25) is 0 Å². The van der Waals surface area contributed by atoms with E-state index >= 15 is 0 Å². The van der Waals surface area contributed by atoms with Crippen LogP contribution in [0.2, 0.25) is 0 Å². The minimum absolute atomic E-state index is 0.299. The first-order valence-corrected chi connectivity index (χ1v) is 8.36. The SMILES string of the molecule is CCC1CCCC(CN)(Cc2ccn(C(C)CC)n2)C1. The Morgan fingerprint density at radius 1 is 1.50 bits per heavy atom. The van der Waals surface area contributed by atoms with Gasteiger partial charge >= 0.3 is 0 Å². The van der Waals surface area contributed by atoms with E-state index in [0.29, 0.717) is 11.5 Å². The number of hydrogen-bond donors (Lipinski definition) is 1. The summed E-state index contributed by atoms with van der Waals surface area (Å²) in [6, 6.07) is 2.69. The Hall–Kier alpha value is -0.830. The molecule has 0 bridgehead atoms. The molecule has 1 heterocycles. The number of hydrogen-bond acceptors (Lipinski definition) is 2. The molecular formula is C17H31N3. The molecule has 1 aromatic heterocycles. The van der Waals surface area contributed by atoms with Crippen molar-refractivity contribution in [3.63, 3.8) is 0 Å². The lowest BCUT2D eigenvalue weighted by Crippen LogP contribution is -2.38. The van der Waals surface area contributed by atoms with Crippen LogP contribution < -0.4 is 5.73 Å². The van der Waals surface area contributed by atoms with Crippen molar-refractivity contribution in [3.8, 4) is 0 Å². The second-order valence-corrected chi connectivity index (χ2v) is 6.80. The first-order chi connectivity index (χ1) is 9.62. The van der Waals surface area contributed by atoms with Crippen molar-refractivity contribution in [2.24, 2.45) is 17.1 Å². The summed E-state index contributed by atoms with van der Waals surface area (Å²) in [6.45, 7) is 7.55. The highest BCUT2D eigenvalue weighted by molar-refractivity contribution is 5.05. The maximum atomic E-state index is 6.16. The van der Waals surface area contributed by atoms with Crippen LogP contribution in [0.3, 0.4) is 0 Å². The maximum Gasteiger partial charge on any atom is 0.0630 e. The number of rotatable bonds is 6. The summed E-state index contributed by atoms with van der Waals surface area (Å²) in [5.74, 6) is 0.865. The molecule has 0 spiro atoms. The van der Waals surface area contributed by atoms with Crippen LogP contribution in [0, 0.1) is 11.3 Å². The van der Waals surface area contributed by atoms with E-state index in [9.17, 15) is 0 Å². The summed E-state index contributed by atoms with van der Waals surface area (Å²) in [5.41, 5.74) is 7.69. The van der Waals surface area contributed by atoms with Gasteiger partial charge in [0.15, 0.2) is 0 Å². The smallest absolute Gasteiger partial charge is 0.0630 e. The van der Waals surface area contributed by atoms with Gasteiger partial charge in [0, 0.05) is 12.2 Å². The van der Waals surface area contributed by atoms with Crippen LogP contribution in [0.1, 0.15) is 71.0 Å². The normalized spacial score (nSPS) is 28.5. The lowest BCUT2D eigenvalue weighted by Gasteiger charge is -2.40. The first-order valence-electron chi connectivity index (χ1n) is 8.36. The van der Waals surface area contributed by atoms with E-state index in [1.807, 2.05) is 0 Å². The van der Waals surface area contributed by atoms with Crippen LogP contribution >= 0.6 is 0 Å². The average molecular weight is 277 g/mol. The molecule has 0 aromatic carbocycles. The van der Waals surface area contributed by atoms with Crippen LogP contribution in [0.4, 0.5) is 0 Å². The van der Waals surface area contributed by atoms with Gasteiger partial charge in [-0.2, -0.15) is 5.10 Å². The Bertz CT molecular complexity index is 412. The fourth-order valence-corrected chi connectivity index (χ4v) is 3.64. The van der Waals surface area contributed by atoms with E-state index in [1.165, 1.54) is 37.8 Å². The second kappa shape index (κ2) is 6.75. The summed E-state index contributed by atoms with van der Waals surface area (Å²) in [7, 11) is 0. The molecule has 1 aliphatic carbocycles. The number of nitrogens with zero attached hydrogens (tertiary/aromatic N) is 2. The largest absolute Gasteiger partial charge is 0.330 e. The highest BCUT2D eigenvalue weighted by Crippen LogP contribution is 2.42. The fraction of sp³-hybridized carbons (Fsp3) is 0.824. The van der Waals surface area contributed by atoms with Gasteiger partial charge in [-0.1, -0.05) is 33.1 Å². The maximum absolute atomic E-state index is 6.16. The van der Waals surface area contributed by atoms with Gasteiger partial charge in [0.1, 0.15) is 0 Å². The van der Waals surface area contributed by atoms with Gasteiger partial charge in [0.05, 0.1) is 5.69 Å². The molecule has 1 aliphatic rings. The molecule has 2 rings (SSSR count). The van der Waals surface area contributed by atoms with E-state index in [-0.39, 0.29) is 0 Å². The monoisotopic (exact) mass is 277 g/mol. The number of nitrogens with two attached hydrogens (primary N) is 1. The fourth-order valence-electron chi connectivity index (χ4n) is 3.64. The Kier molecular flexibility index (Phi) is 5.25. The Morgan fingerprint density at radius 3 is 2.95 bits per heavy atom. The molecule has 3 unspecified atom stereocenters. The summed E-state index contributed by atoms with van der Waals surface area (Å²) in [5, 5.41) is 4.78. The molecule has 3 heteroatoms. The molecule has 1 fully saturated rings. The van der Waals surface area contributed by atoms with E-state index in [2.05, 4.69) is 37.7 Å². The van der Waals surface area contributed by atoms with Gasteiger partial charge in [-0.25, -0.2) is 0 Å². The third kappa shape index (κ3) is 3.43. The summed E-state index contributed by atoms with van der Waals surface area (Å²) >= 11 is 0. The van der Waals surface area contributed by atoms with Gasteiger partial charge in [-0.3, -0.25) is 4.68 Å². The molecule has 114 valence electrons. The Balaban J connectivity index is 2.07. The number of aromatic nitrogens is 2. The Morgan fingerprint density at radius 2 is 2.30 bits per heavy atom. The molecule has 1 aromatic rings. The van der Waals surface area contributed by atoms with Gasteiger partial charge in [-0.15, -0.1) is 0 Å². The van der Waals surface area contributed by atoms with Crippen molar-refractivity contribution < 1.29 is 0 Å². The zero-order valence-electron chi connectivity index (χ0n) is 13.4. The van der Waals surface area contributed by atoms with E-state index in [1.54, 1.807) is 0 Å². The van der Waals surface area contributed by atoms with Crippen molar-refractivity contribution >= 4 is 0 Å². The molecule has 0 aliphatic heterocycles. The van der Waals surface area contributed by atoms with Crippen molar-refractivity contribution in [1.29, 1.82) is 0 Å². The molecule has 20 heavy (non-hydrogen) atoms. The summed E-state index contributed by atoms with van der Waals surface area (Å²) in [4.78, 5) is 0. The minimum atomic E-state index is 0.299. The molecular weight excluding hydrogens is 246 g/mol. The van der Waals surface area contributed by atoms with E-state index in [0.717, 1.165) is 25.3 Å². The lowest BCUT2D eigenvalue weighted by molar-refractivity contribution is 0.141. The third-order valence-electron chi connectivity index (χ3n) is 5.31. The third-order valence-corrected chi connectivity index (χ3v) is 5.31. The molecule has 1 saturated carbocycles. The quantitative estimate of drug-likeness (QED) is 0.856. The highest BCUT2D eigenvalue weighted by atomic mass is 15.3. The van der Waals surface area contributed by atoms with Crippen LogP contribution in [-0.4, -0.2) is 16.3 Å². The van der Waals surface area contributed by atoms with Crippen molar-refractivity contribution in [2.45, 2.75) is 71.8 Å². The average Bonchev–Trinajstić information content (AvgIpc) is 2.94. The summed E-state index contributed by atoms with van der Waals surface area (Å²) in [6.07, 6.45) is 10.9. The van der Waals surface area contributed by atoms with Gasteiger partial charge in [-0.05, 0) is 56.6 Å². The zero-order valence-corrected chi connectivity index (χ0v) is 13.4. The molecule has 3 atom stereocenters. The first kappa shape index (κ1) is 15.6. The predicted molar refractivity (Wildman–Crippen MR) is 84.7 cm³/mol. The topological polar surface area (TPSA) is 43.8 Å². The van der Waals surface area contributed by atoms with Gasteiger partial charge in [0.25, 0.3) is 0 Å². The van der Waals surface area contributed by atoms with Crippen LogP contribution in [0.15, 0.2) is 12.3 Å². The van der Waals surface area contributed by atoms with Gasteiger partial charge < -0.3 is 5.73 Å². The molecule has 0 amide bonds. The standard InChI is InChI=1S/C17H31N3/c1-4-14(3)20-10-8-16(19-20)12-17(13-18)9-6-7-15(5-2)11-17/h8,10,14-15H,4-7,9,11-13,18H2,1-3H3. The van der Waals surface area contributed by atoms with Crippen molar-refractivity contribution in [1.82, 2.24) is 9.78 Å². The van der Waals surface area contributed by atoms with Crippen LogP contribution in [0.25, 0.3) is 0 Å². The second-order valence-electron chi connectivity index (χ2n) is 6.80. The molecule has 0 saturated heterocycles. The van der Waals surface area contributed by atoms with Crippen LogP contribution in [-0.2, 0) is 6.42 Å². The van der Waals surface area contributed by atoms with Crippen molar-refractivity contribution in [2.75, 3.05) is 6.54 Å². The zero-order chi connectivity index (χ0) is 14.6. The van der Waals surface area contributed by atoms with Crippen molar-refractivity contribution in [3.05, 3.63) is 18.0 Å². The van der Waals surface area contributed by atoms with E-state index in [4.69, 9.17) is 10.8 Å². The van der Waals surface area contributed by atoms with Crippen LogP contribution in [0.5, 0.6) is 0 Å². The minimum Gasteiger partial charge on any atom is -0.330 e. The molecule has 0 radical (unpaired) electrons. The highest BCUT2D eigenvalue weighted by Gasteiger charge is 2.35. The molecule has 3 nitrogen and oxygen atoms in total. The molecule has 2 N–H and O–H groups in total. The predicted octanol–water partition coefficient (Wildman–Crippen LogP) is 3.94. The lowest BCUT2D eigenvalue weighted by atomic mass is 9.66.